The maximum Gasteiger partial charge on any atom is 0.373 e. The van der Waals surface area contributed by atoms with Crippen molar-refractivity contribution in [2.24, 2.45) is 0 Å². The minimum atomic E-state index is -3.65. The molecule has 0 radical (unpaired) electrons. The number of aromatic nitrogens is 2. The first kappa shape index (κ1) is 20.9. The van der Waals surface area contributed by atoms with E-state index in [-0.39, 0.29) is 25.0 Å². The third-order valence-corrected chi connectivity index (χ3v) is 7.28. The van der Waals surface area contributed by atoms with E-state index in [1.807, 2.05) is 0 Å². The second-order valence-corrected chi connectivity index (χ2v) is 9.01. The zero-order valence-corrected chi connectivity index (χ0v) is 17.5. The zero-order valence-electron chi connectivity index (χ0n) is 15.7. The maximum atomic E-state index is 13.5. The quantitative estimate of drug-likeness (QED) is 0.490. The van der Waals surface area contributed by atoms with Crippen molar-refractivity contribution in [3.05, 3.63) is 18.7 Å². The average molecular weight is 418 g/mol. The number of imidazole rings is 1. The summed E-state index contributed by atoms with van der Waals surface area (Å²) in [5.41, 5.74) is 0. The van der Waals surface area contributed by atoms with Gasteiger partial charge in [0.05, 0.1) is 19.8 Å². The Balaban J connectivity index is 1.82. The normalized spacial score (nSPS) is 23.4. The number of hydrogen-bond acceptors (Lipinski definition) is 8. The Kier molecular flexibility index (Phi) is 7.05. The number of thiocarbonyl (C=S) groups is 1. The summed E-state index contributed by atoms with van der Waals surface area (Å²) in [6, 6.07) is 0. The molecule has 2 unspecified atom stereocenters. The lowest BCUT2D eigenvalue weighted by Gasteiger charge is -2.34. The molecule has 2 aliphatic rings. The van der Waals surface area contributed by atoms with Gasteiger partial charge in [-0.1, -0.05) is 6.42 Å². The van der Waals surface area contributed by atoms with Gasteiger partial charge >= 0.3 is 7.60 Å². The van der Waals surface area contributed by atoms with Gasteiger partial charge in [-0.25, -0.2) is 4.98 Å². The molecule has 1 aromatic heterocycles. The molecule has 1 aliphatic heterocycles. The number of nitrogens with zero attached hydrogens (tertiary/aromatic N) is 2. The maximum absolute atomic E-state index is 13.5. The van der Waals surface area contributed by atoms with E-state index in [4.69, 9.17) is 35.5 Å². The monoisotopic (exact) mass is 418 g/mol. The van der Waals surface area contributed by atoms with Gasteiger partial charge in [0.2, 0.25) is 5.85 Å². The number of ether oxygens (including phenoxy) is 3. The van der Waals surface area contributed by atoms with Crippen LogP contribution < -0.4 is 0 Å². The van der Waals surface area contributed by atoms with Gasteiger partial charge in [-0.2, -0.15) is 0 Å². The molecule has 1 aliphatic carbocycles. The van der Waals surface area contributed by atoms with E-state index in [0.29, 0.717) is 0 Å². The van der Waals surface area contributed by atoms with Crippen LogP contribution in [0.25, 0.3) is 0 Å². The fraction of sp³-hybridized carbons (Fsp3) is 0.765. The molecule has 27 heavy (non-hydrogen) atoms. The highest BCUT2D eigenvalue weighted by molar-refractivity contribution is 7.80. The van der Waals surface area contributed by atoms with Crippen LogP contribution in [0.5, 0.6) is 0 Å². The molecule has 1 saturated carbocycles. The number of rotatable bonds is 7. The fourth-order valence-electron chi connectivity index (χ4n) is 3.49. The molecule has 1 aromatic rings. The second-order valence-electron chi connectivity index (χ2n) is 6.56. The predicted octanol–water partition coefficient (Wildman–Crippen LogP) is 3.70. The van der Waals surface area contributed by atoms with Crippen LogP contribution in [0.3, 0.4) is 0 Å². The molecule has 0 aromatic carbocycles. The Hall–Kier alpha value is -0.830. The zero-order chi connectivity index (χ0) is 19.3. The molecule has 0 N–H and O–H groups in total. The van der Waals surface area contributed by atoms with Crippen LogP contribution in [-0.4, -0.2) is 52.3 Å². The second kappa shape index (κ2) is 9.11. The smallest absolute Gasteiger partial charge is 0.373 e. The lowest BCUT2D eigenvalue weighted by atomic mass is 9.94. The first-order valence-corrected chi connectivity index (χ1v) is 11.4. The minimum absolute atomic E-state index is 0.102. The van der Waals surface area contributed by atoms with Gasteiger partial charge in [0.1, 0.15) is 12.4 Å². The third-order valence-electron chi connectivity index (χ3n) is 4.68. The SMILES string of the molecule is CCOP(=O)(OCC)C(OC(=S)n1ccnc1)C1COC2(CCCCC2)O1. The van der Waals surface area contributed by atoms with Gasteiger partial charge in [0, 0.05) is 25.2 Å². The number of hydrogen-bond donors (Lipinski definition) is 0. The molecule has 2 fully saturated rings. The van der Waals surface area contributed by atoms with E-state index in [1.54, 1.807) is 26.2 Å². The fourth-order valence-corrected chi connectivity index (χ4v) is 5.64. The highest BCUT2D eigenvalue weighted by atomic mass is 32.1. The minimum Gasteiger partial charge on any atom is -0.451 e. The summed E-state index contributed by atoms with van der Waals surface area (Å²) >= 11 is 5.34. The van der Waals surface area contributed by atoms with Crippen molar-refractivity contribution in [3.63, 3.8) is 0 Å². The molecule has 10 heteroatoms. The summed E-state index contributed by atoms with van der Waals surface area (Å²) in [4.78, 5) is 3.96. The molecule has 8 nitrogen and oxygen atoms in total. The highest BCUT2D eigenvalue weighted by Gasteiger charge is 2.52. The molecule has 0 bridgehead atoms. The summed E-state index contributed by atoms with van der Waals surface area (Å²) < 4.78 is 44.2. The molecule has 1 saturated heterocycles. The van der Waals surface area contributed by atoms with E-state index in [0.717, 1.165) is 25.7 Å². The van der Waals surface area contributed by atoms with Gasteiger partial charge in [-0.3, -0.25) is 9.13 Å². The summed E-state index contributed by atoms with van der Waals surface area (Å²) in [5, 5.41) is 0.102. The Morgan fingerprint density at radius 2 is 2.04 bits per heavy atom. The van der Waals surface area contributed by atoms with Crippen molar-refractivity contribution in [2.45, 2.75) is 63.7 Å². The van der Waals surface area contributed by atoms with Crippen molar-refractivity contribution in [1.29, 1.82) is 0 Å². The molecule has 1 spiro atoms. The van der Waals surface area contributed by atoms with Crippen molar-refractivity contribution in [3.8, 4) is 0 Å². The van der Waals surface area contributed by atoms with Crippen LogP contribution in [0.1, 0.15) is 46.0 Å². The van der Waals surface area contributed by atoms with Crippen molar-refractivity contribution in [2.75, 3.05) is 19.8 Å². The molecule has 3 rings (SSSR count). The first-order valence-electron chi connectivity index (χ1n) is 9.41. The summed E-state index contributed by atoms with van der Waals surface area (Å²) in [6.07, 6.45) is 9.03. The largest absolute Gasteiger partial charge is 0.451 e. The van der Waals surface area contributed by atoms with Gasteiger partial charge in [0.15, 0.2) is 5.79 Å². The summed E-state index contributed by atoms with van der Waals surface area (Å²) in [6.45, 7) is 4.19. The lowest BCUT2D eigenvalue weighted by Crippen LogP contribution is -2.39. The van der Waals surface area contributed by atoms with Gasteiger partial charge in [-0.15, -0.1) is 0 Å². The topological polar surface area (TPSA) is 81.0 Å². The van der Waals surface area contributed by atoms with Crippen molar-refractivity contribution >= 4 is 25.0 Å². The predicted molar refractivity (Wildman–Crippen MR) is 103 cm³/mol. The molecule has 2 atom stereocenters. The molecule has 2 heterocycles. The van der Waals surface area contributed by atoms with Crippen molar-refractivity contribution in [1.82, 2.24) is 9.55 Å². The lowest BCUT2D eigenvalue weighted by molar-refractivity contribution is -0.191. The highest BCUT2D eigenvalue weighted by Crippen LogP contribution is 2.57. The Labute approximate surface area is 165 Å². The van der Waals surface area contributed by atoms with E-state index in [1.165, 1.54) is 17.3 Å². The van der Waals surface area contributed by atoms with Crippen LogP contribution in [0.2, 0.25) is 0 Å². The standard InChI is InChI=1S/C17H27N2O6PS/c1-3-22-26(20,23-4-2)15(24-16(27)19-11-10-18-13-19)14-12-21-17(25-14)8-6-5-7-9-17/h10-11,13-15H,3-9,12H2,1-2H3. The van der Waals surface area contributed by atoms with Crippen LogP contribution in [0.4, 0.5) is 0 Å². The summed E-state index contributed by atoms with van der Waals surface area (Å²) in [7, 11) is -3.65. The Morgan fingerprint density at radius 1 is 1.33 bits per heavy atom. The van der Waals surface area contributed by atoms with Gasteiger partial charge in [0.25, 0.3) is 5.17 Å². The van der Waals surface area contributed by atoms with E-state index < -0.39 is 25.3 Å². The summed E-state index contributed by atoms with van der Waals surface area (Å²) in [5.74, 6) is -1.65. The van der Waals surface area contributed by atoms with E-state index in [9.17, 15) is 4.57 Å². The van der Waals surface area contributed by atoms with Crippen LogP contribution in [0, 0.1) is 0 Å². The molecule has 152 valence electrons. The van der Waals surface area contributed by atoms with E-state index >= 15 is 0 Å². The first-order chi connectivity index (χ1) is 13.0. The molecular formula is C17H27N2O6PS. The van der Waals surface area contributed by atoms with Crippen LogP contribution >= 0.6 is 19.8 Å². The Bertz CT molecular complexity index is 654. The van der Waals surface area contributed by atoms with Crippen molar-refractivity contribution < 1.29 is 27.8 Å². The van der Waals surface area contributed by atoms with E-state index in [2.05, 4.69) is 4.98 Å². The Morgan fingerprint density at radius 3 is 2.63 bits per heavy atom. The third kappa shape index (κ3) is 4.78. The average Bonchev–Trinajstić information content (AvgIpc) is 3.31. The van der Waals surface area contributed by atoms with Crippen LogP contribution in [-0.2, 0) is 27.8 Å². The van der Waals surface area contributed by atoms with Crippen LogP contribution in [0.15, 0.2) is 18.7 Å². The molecular weight excluding hydrogens is 391 g/mol. The molecule has 0 amide bonds. The van der Waals surface area contributed by atoms with Gasteiger partial charge in [-0.05, 0) is 38.9 Å². The van der Waals surface area contributed by atoms with Gasteiger partial charge < -0.3 is 23.3 Å².